The number of urea groups is 1. The number of nitrogen functional groups attached to an aromatic ring is 1. The van der Waals surface area contributed by atoms with E-state index < -0.39 is 30.3 Å². The van der Waals surface area contributed by atoms with Crippen molar-refractivity contribution in [1.29, 1.82) is 0 Å². The minimum Gasteiger partial charge on any atom is -0.399 e. The summed E-state index contributed by atoms with van der Waals surface area (Å²) in [6.07, 6.45) is -0.316. The molecule has 1 fully saturated rings. The summed E-state index contributed by atoms with van der Waals surface area (Å²) in [6, 6.07) is 34.8. The van der Waals surface area contributed by atoms with Crippen molar-refractivity contribution in [2.24, 2.45) is 0 Å². The van der Waals surface area contributed by atoms with Crippen LogP contribution in [0, 0.1) is 6.92 Å². The van der Waals surface area contributed by atoms with Gasteiger partial charge in [0.1, 0.15) is 18.0 Å². The summed E-state index contributed by atoms with van der Waals surface area (Å²) in [6.45, 7) is 1.99. The molecule has 4 aromatic carbocycles. The molecule has 9 heteroatoms. The van der Waals surface area contributed by atoms with E-state index in [0.29, 0.717) is 41.2 Å². The fraction of sp³-hybridized carbons (Fsp3) is 0.205. The van der Waals surface area contributed by atoms with Gasteiger partial charge >= 0.3 is 6.03 Å². The van der Waals surface area contributed by atoms with Gasteiger partial charge in [0.15, 0.2) is 0 Å². The van der Waals surface area contributed by atoms with E-state index in [-0.39, 0.29) is 12.5 Å². The summed E-state index contributed by atoms with van der Waals surface area (Å²) in [4.78, 5) is 35.6. The maximum atomic E-state index is 14.9. The lowest BCUT2D eigenvalue weighted by atomic mass is 9.90. The summed E-state index contributed by atoms with van der Waals surface area (Å²) < 4.78 is 0. The van der Waals surface area contributed by atoms with E-state index in [1.165, 1.54) is 0 Å². The number of hydrogen-bond donors (Lipinski definition) is 4. The standard InChI is InChI=1S/C39H39N5O4/c1-26-18-19-35(41-24-26)42-38(47)30-15-8-14-29(20-30)25-43-33(21-27-10-4-2-5-11-27)36(45)37(46)34(22-28-12-6-3-7-13-28)44(39(43)48)32-17-9-16-31(40)23-32/h2-20,23-24,33-34,36-37,45-46H,21-22,25,40H2,1H3,(H,41,42,47)/t33-,34-,36+,37+/m1/s1. The third-order valence-electron chi connectivity index (χ3n) is 8.74. The Balaban J connectivity index is 1.40. The van der Waals surface area contributed by atoms with Gasteiger partial charge < -0.3 is 26.2 Å². The van der Waals surface area contributed by atoms with Crippen LogP contribution in [0.15, 0.2) is 128 Å². The Morgan fingerprint density at radius 1 is 0.771 bits per heavy atom. The Morgan fingerprint density at radius 2 is 1.40 bits per heavy atom. The quantitative estimate of drug-likeness (QED) is 0.155. The molecule has 4 atom stereocenters. The molecule has 1 aliphatic rings. The largest absolute Gasteiger partial charge is 0.399 e. The van der Waals surface area contributed by atoms with Crippen LogP contribution in [0.25, 0.3) is 0 Å². The fourth-order valence-corrected chi connectivity index (χ4v) is 6.27. The van der Waals surface area contributed by atoms with Gasteiger partial charge in [-0.3, -0.25) is 9.69 Å². The molecule has 1 aliphatic heterocycles. The van der Waals surface area contributed by atoms with E-state index in [9.17, 15) is 19.8 Å². The number of rotatable bonds is 9. The number of benzene rings is 4. The molecular formula is C39H39N5O4. The second-order valence-electron chi connectivity index (χ2n) is 12.2. The molecule has 2 heterocycles. The number of amides is 3. The van der Waals surface area contributed by atoms with Crippen molar-refractivity contribution in [1.82, 2.24) is 9.88 Å². The molecule has 0 unspecified atom stereocenters. The molecule has 0 aliphatic carbocycles. The highest BCUT2D eigenvalue weighted by molar-refractivity contribution is 6.03. The number of aryl methyl sites for hydroxylation is 1. The molecule has 5 aromatic rings. The molecule has 0 bridgehead atoms. The van der Waals surface area contributed by atoms with Crippen molar-refractivity contribution in [2.45, 2.75) is 50.6 Å². The first-order valence-electron chi connectivity index (χ1n) is 16.0. The number of nitrogens with one attached hydrogen (secondary N) is 1. The molecule has 1 saturated heterocycles. The zero-order valence-electron chi connectivity index (χ0n) is 26.7. The highest BCUT2D eigenvalue weighted by atomic mass is 16.3. The summed E-state index contributed by atoms with van der Waals surface area (Å²) >= 11 is 0. The van der Waals surface area contributed by atoms with Crippen LogP contribution in [0.2, 0.25) is 0 Å². The number of anilines is 3. The Kier molecular flexibility index (Phi) is 9.80. The molecule has 0 spiro atoms. The lowest BCUT2D eigenvalue weighted by Gasteiger charge is -2.36. The molecule has 0 radical (unpaired) electrons. The molecule has 244 valence electrons. The molecule has 6 rings (SSSR count). The normalized spacial score (nSPS) is 19.5. The van der Waals surface area contributed by atoms with Gasteiger partial charge in [-0.05, 0) is 78.4 Å². The number of aromatic nitrogens is 1. The number of carbonyl (C=O) groups excluding carboxylic acids is 2. The summed E-state index contributed by atoms with van der Waals surface area (Å²) in [5.74, 6) is 0.0944. The highest BCUT2D eigenvalue weighted by Crippen LogP contribution is 2.33. The van der Waals surface area contributed by atoms with Crippen LogP contribution in [0.3, 0.4) is 0 Å². The van der Waals surface area contributed by atoms with Gasteiger partial charge in [0.2, 0.25) is 0 Å². The Labute approximate surface area is 280 Å². The zero-order chi connectivity index (χ0) is 33.6. The summed E-state index contributed by atoms with van der Waals surface area (Å²) in [5, 5.41) is 26.7. The van der Waals surface area contributed by atoms with Gasteiger partial charge in [-0.1, -0.05) is 84.9 Å². The Hall–Kier alpha value is -5.51. The maximum absolute atomic E-state index is 14.9. The van der Waals surface area contributed by atoms with Crippen LogP contribution in [0.1, 0.15) is 32.6 Å². The van der Waals surface area contributed by atoms with Gasteiger partial charge in [0.25, 0.3) is 5.91 Å². The zero-order valence-corrected chi connectivity index (χ0v) is 26.7. The number of aliphatic hydroxyl groups is 2. The first-order chi connectivity index (χ1) is 23.3. The monoisotopic (exact) mass is 641 g/mol. The van der Waals surface area contributed by atoms with Crippen molar-refractivity contribution >= 4 is 29.1 Å². The lowest BCUT2D eigenvalue weighted by Crippen LogP contribution is -2.51. The maximum Gasteiger partial charge on any atom is 0.325 e. The predicted octanol–water partition coefficient (Wildman–Crippen LogP) is 5.61. The van der Waals surface area contributed by atoms with E-state index in [2.05, 4.69) is 10.3 Å². The van der Waals surface area contributed by atoms with E-state index in [1.807, 2.05) is 79.7 Å². The number of pyridine rings is 1. The highest BCUT2D eigenvalue weighted by Gasteiger charge is 2.47. The lowest BCUT2D eigenvalue weighted by molar-refractivity contribution is -0.0291. The molecule has 9 nitrogen and oxygen atoms in total. The van der Waals surface area contributed by atoms with Crippen molar-refractivity contribution in [2.75, 3.05) is 16.0 Å². The number of hydrogen-bond acceptors (Lipinski definition) is 6. The topological polar surface area (TPSA) is 132 Å². The number of aliphatic hydroxyl groups excluding tert-OH is 2. The molecule has 48 heavy (non-hydrogen) atoms. The molecule has 3 amide bonds. The van der Waals surface area contributed by atoms with Gasteiger partial charge in [-0.25, -0.2) is 9.78 Å². The third kappa shape index (κ3) is 7.38. The summed E-state index contributed by atoms with van der Waals surface area (Å²) in [7, 11) is 0. The molecule has 5 N–H and O–H groups in total. The van der Waals surface area contributed by atoms with Crippen LogP contribution < -0.4 is 16.0 Å². The number of carbonyl (C=O) groups is 2. The number of nitrogens with zero attached hydrogens (tertiary/aromatic N) is 3. The van der Waals surface area contributed by atoms with Crippen LogP contribution >= 0.6 is 0 Å². The molecule has 1 aromatic heterocycles. The fourth-order valence-electron chi connectivity index (χ4n) is 6.27. The van der Waals surface area contributed by atoms with Gasteiger partial charge in [0, 0.05) is 29.7 Å². The van der Waals surface area contributed by atoms with Crippen molar-refractivity contribution in [3.8, 4) is 0 Å². The minimum absolute atomic E-state index is 0.0703. The molecular weight excluding hydrogens is 602 g/mol. The van der Waals surface area contributed by atoms with Gasteiger partial charge in [-0.2, -0.15) is 0 Å². The van der Waals surface area contributed by atoms with Crippen molar-refractivity contribution < 1.29 is 19.8 Å². The molecule has 0 saturated carbocycles. The Morgan fingerprint density at radius 3 is 2.04 bits per heavy atom. The minimum atomic E-state index is -1.30. The van der Waals surface area contributed by atoms with Crippen LogP contribution in [0.4, 0.5) is 22.0 Å². The van der Waals surface area contributed by atoms with E-state index in [1.54, 1.807) is 64.5 Å². The van der Waals surface area contributed by atoms with E-state index >= 15 is 0 Å². The first-order valence-corrected chi connectivity index (χ1v) is 16.0. The SMILES string of the molecule is Cc1ccc(NC(=O)c2cccc(CN3C(=O)N(c4cccc(N)c4)[C@H](Cc4ccccc4)[C@H](O)[C@@H](O)[C@H]3Cc3ccccc3)c2)nc1. The average molecular weight is 642 g/mol. The van der Waals surface area contributed by atoms with Crippen molar-refractivity contribution in [3.05, 3.63) is 155 Å². The van der Waals surface area contributed by atoms with Crippen molar-refractivity contribution in [3.63, 3.8) is 0 Å². The van der Waals surface area contributed by atoms with E-state index in [0.717, 1.165) is 16.7 Å². The third-order valence-corrected chi connectivity index (χ3v) is 8.74. The van der Waals surface area contributed by atoms with Crippen LogP contribution in [-0.4, -0.2) is 56.3 Å². The Bertz CT molecular complexity index is 1850. The first kappa shape index (κ1) is 32.4. The predicted molar refractivity (Wildman–Crippen MR) is 188 cm³/mol. The smallest absolute Gasteiger partial charge is 0.325 e. The second-order valence-corrected chi connectivity index (χ2v) is 12.2. The van der Waals surface area contributed by atoms with Crippen LogP contribution in [-0.2, 0) is 19.4 Å². The summed E-state index contributed by atoms with van der Waals surface area (Å²) in [5.41, 5.74) is 11.0. The number of nitrogens with two attached hydrogens (primary N) is 1. The van der Waals surface area contributed by atoms with E-state index in [4.69, 9.17) is 5.73 Å². The second kappa shape index (κ2) is 14.5. The van der Waals surface area contributed by atoms with Crippen LogP contribution in [0.5, 0.6) is 0 Å². The average Bonchev–Trinajstić information content (AvgIpc) is 3.16. The van der Waals surface area contributed by atoms with Gasteiger partial charge in [0.05, 0.1) is 12.1 Å². The van der Waals surface area contributed by atoms with Gasteiger partial charge in [-0.15, -0.1) is 0 Å².